The first-order chi connectivity index (χ1) is 13.9. The average Bonchev–Trinajstić information content (AvgIpc) is 3.17. The van der Waals surface area contributed by atoms with Crippen molar-refractivity contribution >= 4 is 49.9 Å². The fourth-order valence-electron chi connectivity index (χ4n) is 2.64. The molecule has 0 unspecified atom stereocenters. The van der Waals surface area contributed by atoms with Crippen LogP contribution in [0.15, 0.2) is 71.6 Å². The van der Waals surface area contributed by atoms with Crippen LogP contribution in [0.1, 0.15) is 10.4 Å². The summed E-state index contributed by atoms with van der Waals surface area (Å²) in [7, 11) is -3.79. The van der Waals surface area contributed by atoms with E-state index in [-0.39, 0.29) is 10.8 Å². The van der Waals surface area contributed by atoms with Gasteiger partial charge >= 0.3 is 0 Å². The number of sulfonamides is 1. The Morgan fingerprint density at radius 3 is 2.34 bits per heavy atom. The fraction of sp³-hybridized carbons (Fsp3) is 0. The van der Waals surface area contributed by atoms with Gasteiger partial charge in [-0.3, -0.25) is 14.6 Å². The first-order valence-corrected chi connectivity index (χ1v) is 10.3. The molecule has 146 valence electrons. The van der Waals surface area contributed by atoms with Gasteiger partial charge < -0.3 is 5.32 Å². The van der Waals surface area contributed by atoms with Crippen molar-refractivity contribution in [3.05, 3.63) is 77.3 Å². The summed E-state index contributed by atoms with van der Waals surface area (Å²) in [6.07, 6.45) is 0. The van der Waals surface area contributed by atoms with E-state index in [9.17, 15) is 13.2 Å². The summed E-state index contributed by atoms with van der Waals surface area (Å²) in [4.78, 5) is 12.5. The van der Waals surface area contributed by atoms with E-state index >= 15 is 0 Å². The Labute approximate surface area is 171 Å². The lowest BCUT2D eigenvalue weighted by Gasteiger charge is -2.09. The number of carbonyl (C=O) groups excluding carboxylic acids is 1. The minimum absolute atomic E-state index is 0.0352. The summed E-state index contributed by atoms with van der Waals surface area (Å²) >= 11 is 5.80. The molecular weight excluding hydrogens is 414 g/mol. The number of hydrogen-bond donors (Lipinski definition) is 3. The number of amides is 1. The van der Waals surface area contributed by atoms with Gasteiger partial charge in [0.05, 0.1) is 10.4 Å². The smallest absolute Gasteiger partial charge is 0.261 e. The quantitative estimate of drug-likeness (QED) is 0.449. The largest absolute Gasteiger partial charge is 0.322 e. The van der Waals surface area contributed by atoms with Crippen molar-refractivity contribution < 1.29 is 13.2 Å². The molecule has 0 saturated carbocycles. The average molecular weight is 428 g/mol. The Kier molecular flexibility index (Phi) is 4.91. The number of nitrogens with one attached hydrogen (secondary N) is 3. The number of aromatic amines is 1. The molecule has 0 fully saturated rings. The van der Waals surface area contributed by atoms with Gasteiger partial charge in [-0.1, -0.05) is 16.8 Å². The Balaban J connectivity index is 1.48. The van der Waals surface area contributed by atoms with Crippen molar-refractivity contribution in [1.82, 2.24) is 15.4 Å². The molecule has 1 amide bonds. The molecule has 0 atom stereocenters. The molecule has 0 bridgehead atoms. The lowest BCUT2D eigenvalue weighted by Crippen LogP contribution is -2.14. The zero-order chi connectivity index (χ0) is 20.4. The Hall–Kier alpha value is -3.43. The van der Waals surface area contributed by atoms with Crippen LogP contribution in [0.4, 0.5) is 11.4 Å². The molecule has 3 N–H and O–H groups in total. The summed E-state index contributed by atoms with van der Waals surface area (Å²) in [5.74, 6) is -0.373. The van der Waals surface area contributed by atoms with E-state index in [4.69, 9.17) is 11.6 Å². The van der Waals surface area contributed by atoms with E-state index in [2.05, 4.69) is 25.4 Å². The van der Waals surface area contributed by atoms with Crippen molar-refractivity contribution in [2.24, 2.45) is 0 Å². The van der Waals surface area contributed by atoms with E-state index in [0.717, 1.165) is 5.52 Å². The van der Waals surface area contributed by atoms with Crippen molar-refractivity contribution in [2.45, 2.75) is 4.90 Å². The van der Waals surface area contributed by atoms with Crippen molar-refractivity contribution in [1.29, 1.82) is 0 Å². The Bertz CT molecular complexity index is 1290. The topological polar surface area (TPSA) is 117 Å². The SMILES string of the molecule is O=C(Nc1ccc2[nH]nnc2c1)c1ccc(S(=O)(=O)Nc2ccc(Cl)cc2)cc1. The van der Waals surface area contributed by atoms with Gasteiger partial charge in [0.15, 0.2) is 0 Å². The molecule has 0 aliphatic rings. The van der Waals surface area contributed by atoms with Gasteiger partial charge in [-0.15, -0.1) is 5.10 Å². The third-order valence-electron chi connectivity index (χ3n) is 4.11. The van der Waals surface area contributed by atoms with Crippen LogP contribution in [0.3, 0.4) is 0 Å². The summed E-state index contributed by atoms with van der Waals surface area (Å²) in [5, 5.41) is 13.6. The summed E-state index contributed by atoms with van der Waals surface area (Å²) < 4.78 is 27.5. The van der Waals surface area contributed by atoms with Crippen molar-refractivity contribution in [3.8, 4) is 0 Å². The molecule has 4 rings (SSSR count). The Morgan fingerprint density at radius 2 is 1.62 bits per heavy atom. The number of nitrogens with zero attached hydrogens (tertiary/aromatic N) is 2. The highest BCUT2D eigenvalue weighted by atomic mass is 35.5. The molecule has 0 saturated heterocycles. The number of anilines is 2. The van der Waals surface area contributed by atoms with Gasteiger partial charge in [0.1, 0.15) is 5.52 Å². The highest BCUT2D eigenvalue weighted by molar-refractivity contribution is 7.92. The molecule has 4 aromatic rings. The van der Waals surface area contributed by atoms with E-state index in [1.807, 2.05) is 0 Å². The van der Waals surface area contributed by atoms with Gasteiger partial charge in [0.2, 0.25) is 0 Å². The first kappa shape index (κ1) is 18.9. The fourth-order valence-corrected chi connectivity index (χ4v) is 3.82. The third kappa shape index (κ3) is 4.20. The van der Waals surface area contributed by atoms with E-state index in [0.29, 0.717) is 27.5 Å². The standard InChI is InChI=1S/C19H14ClN5O3S/c20-13-3-5-14(6-4-13)24-29(27,28)16-8-1-12(2-9-16)19(26)21-15-7-10-17-18(11-15)23-25-22-17/h1-11,24H,(H,21,26)(H,22,23,25). The number of aromatic nitrogens is 3. The molecular formula is C19H14ClN5O3S. The van der Waals surface area contributed by atoms with Crippen molar-refractivity contribution in [2.75, 3.05) is 10.0 Å². The van der Waals surface area contributed by atoms with Crippen LogP contribution < -0.4 is 10.0 Å². The molecule has 29 heavy (non-hydrogen) atoms. The summed E-state index contributed by atoms with van der Waals surface area (Å²) in [6.45, 7) is 0. The van der Waals surface area contributed by atoms with Crippen LogP contribution in [0.25, 0.3) is 11.0 Å². The maximum Gasteiger partial charge on any atom is 0.261 e. The Morgan fingerprint density at radius 1 is 0.931 bits per heavy atom. The maximum absolute atomic E-state index is 12.5. The number of carbonyl (C=O) groups is 1. The predicted octanol–water partition coefficient (Wildman–Crippen LogP) is 3.66. The highest BCUT2D eigenvalue weighted by Gasteiger charge is 2.15. The second-order valence-corrected chi connectivity index (χ2v) is 8.25. The molecule has 0 aliphatic heterocycles. The summed E-state index contributed by atoms with van der Waals surface area (Å²) in [6, 6.07) is 17.1. The van der Waals surface area contributed by atoms with Gasteiger partial charge in [0.25, 0.3) is 15.9 Å². The van der Waals surface area contributed by atoms with Gasteiger partial charge in [0, 0.05) is 22.0 Å². The molecule has 3 aromatic carbocycles. The van der Waals surface area contributed by atoms with Crippen LogP contribution in [0.5, 0.6) is 0 Å². The lowest BCUT2D eigenvalue weighted by atomic mass is 10.2. The number of fused-ring (bicyclic) bond motifs is 1. The number of rotatable bonds is 5. The lowest BCUT2D eigenvalue weighted by molar-refractivity contribution is 0.102. The van der Waals surface area contributed by atoms with E-state index in [1.54, 1.807) is 42.5 Å². The third-order valence-corrected chi connectivity index (χ3v) is 5.76. The molecule has 0 radical (unpaired) electrons. The number of benzene rings is 3. The summed E-state index contributed by atoms with van der Waals surface area (Å²) in [5.41, 5.74) is 2.64. The molecule has 0 aliphatic carbocycles. The normalized spacial score (nSPS) is 11.3. The first-order valence-electron chi connectivity index (χ1n) is 8.41. The van der Waals surface area contributed by atoms with Crippen molar-refractivity contribution in [3.63, 3.8) is 0 Å². The zero-order valence-electron chi connectivity index (χ0n) is 14.8. The number of hydrogen-bond acceptors (Lipinski definition) is 5. The second-order valence-electron chi connectivity index (χ2n) is 6.13. The molecule has 10 heteroatoms. The number of H-pyrrole nitrogens is 1. The molecule has 0 spiro atoms. The van der Waals surface area contributed by atoms with E-state index < -0.39 is 10.0 Å². The van der Waals surface area contributed by atoms with Crippen LogP contribution in [-0.4, -0.2) is 29.7 Å². The van der Waals surface area contributed by atoms with Crippen LogP contribution in [-0.2, 0) is 10.0 Å². The molecule has 1 heterocycles. The minimum Gasteiger partial charge on any atom is -0.322 e. The van der Waals surface area contributed by atoms with Crippen LogP contribution in [0.2, 0.25) is 5.02 Å². The van der Waals surface area contributed by atoms with E-state index in [1.165, 1.54) is 24.3 Å². The zero-order valence-corrected chi connectivity index (χ0v) is 16.3. The second kappa shape index (κ2) is 7.53. The highest BCUT2D eigenvalue weighted by Crippen LogP contribution is 2.20. The predicted molar refractivity (Wildman–Crippen MR) is 111 cm³/mol. The number of halogens is 1. The maximum atomic E-state index is 12.5. The van der Waals surface area contributed by atoms with Gasteiger partial charge in [-0.2, -0.15) is 0 Å². The van der Waals surface area contributed by atoms with Gasteiger partial charge in [-0.25, -0.2) is 8.42 Å². The molecule has 1 aromatic heterocycles. The van der Waals surface area contributed by atoms with Crippen LogP contribution in [0, 0.1) is 0 Å². The van der Waals surface area contributed by atoms with Gasteiger partial charge in [-0.05, 0) is 66.7 Å². The monoisotopic (exact) mass is 427 g/mol. The minimum atomic E-state index is -3.79. The van der Waals surface area contributed by atoms with Crippen LogP contribution >= 0.6 is 11.6 Å². The molecule has 8 nitrogen and oxygen atoms in total.